The maximum atomic E-state index is 9.47. The zero-order valence-corrected chi connectivity index (χ0v) is 22.9. The molecule has 41 heavy (non-hydrogen) atoms. The number of anilines is 2. The van der Waals surface area contributed by atoms with Gasteiger partial charge in [0.15, 0.2) is 11.5 Å². The summed E-state index contributed by atoms with van der Waals surface area (Å²) < 4.78 is 11.6. The van der Waals surface area contributed by atoms with Gasteiger partial charge in [0.05, 0.1) is 12.6 Å². The molecule has 0 amide bonds. The highest BCUT2D eigenvalue weighted by molar-refractivity contribution is 5.94. The number of rotatable bonds is 9. The molecular weight excluding hydrogens is 512 g/mol. The molecule has 1 aliphatic carbocycles. The molecule has 206 valence electrons. The Morgan fingerprint density at radius 3 is 2.49 bits per heavy atom. The molecule has 1 saturated heterocycles. The molecule has 0 spiro atoms. The van der Waals surface area contributed by atoms with Crippen molar-refractivity contribution in [3.05, 3.63) is 103 Å². The first-order valence-electron chi connectivity index (χ1n) is 14.0. The fourth-order valence-corrected chi connectivity index (χ4v) is 6.16. The molecule has 5 aromatic rings. The molecule has 1 aromatic heterocycles. The smallest absolute Gasteiger partial charge is 0.169 e. The number of benzene rings is 4. The Labute approximate surface area is 239 Å². The monoisotopic (exact) mass is 544 g/mol. The van der Waals surface area contributed by atoms with Crippen LogP contribution in [0.4, 0.5) is 11.5 Å². The Morgan fingerprint density at radius 2 is 1.68 bits per heavy atom. The lowest BCUT2D eigenvalue weighted by molar-refractivity contribution is 0.217. The van der Waals surface area contributed by atoms with Gasteiger partial charge in [0, 0.05) is 43.4 Å². The molecule has 2 aliphatic rings. The van der Waals surface area contributed by atoms with Crippen LogP contribution in [0.1, 0.15) is 5.56 Å². The maximum Gasteiger partial charge on any atom is 0.169 e. The highest BCUT2D eigenvalue weighted by atomic mass is 16.5. The Bertz CT molecular complexity index is 1680. The van der Waals surface area contributed by atoms with Gasteiger partial charge in [-0.1, -0.05) is 42.5 Å². The van der Waals surface area contributed by atoms with Crippen LogP contribution in [-0.2, 0) is 6.54 Å². The Balaban J connectivity index is 1.12. The van der Waals surface area contributed by atoms with Crippen molar-refractivity contribution in [2.24, 2.45) is 17.8 Å². The van der Waals surface area contributed by atoms with Crippen LogP contribution in [0.2, 0.25) is 0 Å². The minimum Gasteiger partial charge on any atom is -0.493 e. The van der Waals surface area contributed by atoms with Gasteiger partial charge >= 0.3 is 0 Å². The predicted octanol–water partition coefficient (Wildman–Crippen LogP) is 6.51. The summed E-state index contributed by atoms with van der Waals surface area (Å²) >= 11 is 0. The number of piperidine rings is 1. The minimum absolute atomic E-state index is 0.336. The number of likely N-dealkylation sites (tertiary alicyclic amines) is 1. The van der Waals surface area contributed by atoms with E-state index in [1.165, 1.54) is 11.1 Å². The van der Waals surface area contributed by atoms with Crippen molar-refractivity contribution in [2.45, 2.75) is 6.54 Å². The van der Waals surface area contributed by atoms with Crippen molar-refractivity contribution < 1.29 is 14.6 Å². The second-order valence-corrected chi connectivity index (χ2v) is 10.9. The number of methoxy groups -OCH3 is 1. The van der Waals surface area contributed by atoms with Gasteiger partial charge in [-0.25, -0.2) is 9.97 Å². The Morgan fingerprint density at radius 1 is 0.854 bits per heavy atom. The fraction of sp³-hybridized carbons (Fsp3) is 0.235. The summed E-state index contributed by atoms with van der Waals surface area (Å²) in [5, 5.41) is 13.9. The van der Waals surface area contributed by atoms with Crippen LogP contribution in [0.5, 0.6) is 17.2 Å². The van der Waals surface area contributed by atoms with E-state index in [1.54, 1.807) is 13.4 Å². The molecule has 7 rings (SSSR count). The van der Waals surface area contributed by atoms with Crippen LogP contribution in [0, 0.1) is 17.8 Å². The van der Waals surface area contributed by atoms with E-state index in [0.29, 0.717) is 35.9 Å². The van der Waals surface area contributed by atoms with E-state index < -0.39 is 0 Å². The van der Waals surface area contributed by atoms with E-state index in [4.69, 9.17) is 9.47 Å². The summed E-state index contributed by atoms with van der Waals surface area (Å²) in [6.45, 7) is 3.45. The molecule has 2 N–H and O–H groups in total. The number of ether oxygens (including phenoxy) is 2. The second-order valence-electron chi connectivity index (χ2n) is 10.9. The van der Waals surface area contributed by atoms with E-state index >= 15 is 0 Å². The van der Waals surface area contributed by atoms with E-state index in [1.807, 2.05) is 54.6 Å². The van der Waals surface area contributed by atoms with Crippen LogP contribution < -0.4 is 14.8 Å². The number of nitrogens with zero attached hydrogens (tertiary/aromatic N) is 3. The number of hydrogen-bond acceptors (Lipinski definition) is 7. The van der Waals surface area contributed by atoms with Crippen LogP contribution in [-0.4, -0.2) is 46.8 Å². The molecule has 1 aliphatic heterocycles. The third-order valence-corrected chi connectivity index (χ3v) is 8.36. The number of aromatic nitrogens is 2. The number of para-hydroxylation sites is 1. The molecular formula is C34H32N4O3. The molecule has 1 saturated carbocycles. The topological polar surface area (TPSA) is 79.7 Å². The summed E-state index contributed by atoms with van der Waals surface area (Å²) in [7, 11) is 1.63. The van der Waals surface area contributed by atoms with Crippen molar-refractivity contribution in [3.63, 3.8) is 0 Å². The molecule has 0 bridgehead atoms. The van der Waals surface area contributed by atoms with E-state index in [2.05, 4.69) is 56.6 Å². The van der Waals surface area contributed by atoms with Gasteiger partial charge < -0.3 is 19.9 Å². The molecule has 7 nitrogen and oxygen atoms in total. The number of hydrogen-bond donors (Lipinski definition) is 2. The first kappa shape index (κ1) is 25.5. The summed E-state index contributed by atoms with van der Waals surface area (Å²) in [6, 6.07) is 30.5. The number of fused-ring (bicyclic) bond motifs is 2. The van der Waals surface area contributed by atoms with Crippen molar-refractivity contribution in [3.8, 4) is 28.4 Å². The van der Waals surface area contributed by atoms with Crippen LogP contribution in [0.25, 0.3) is 22.0 Å². The third-order valence-electron chi connectivity index (χ3n) is 8.36. The van der Waals surface area contributed by atoms with Crippen LogP contribution in [0.15, 0.2) is 97.3 Å². The standard InChI is InChI=1S/C34H32N4O3/c1-40-33-16-25(11-13-32(33)41-26-8-3-2-4-9-26)37-34-27-15-24(10-12-31(27)35-21-36-34)23-7-5-6-22(14-23)17-38-18-28-29(19-38)30(28)20-39/h2-16,21,28-30,39H,17-20H2,1H3,(H,35,36,37). The minimum atomic E-state index is 0.336. The normalized spacial score (nSPS) is 19.6. The quantitative estimate of drug-likeness (QED) is 0.219. The van der Waals surface area contributed by atoms with E-state index in [-0.39, 0.29) is 0 Å². The lowest BCUT2D eigenvalue weighted by atomic mass is 10.0. The van der Waals surface area contributed by atoms with Crippen LogP contribution >= 0.6 is 0 Å². The largest absolute Gasteiger partial charge is 0.493 e. The molecule has 2 atom stereocenters. The summed E-state index contributed by atoms with van der Waals surface area (Å²) in [5.41, 5.74) is 5.29. The maximum absolute atomic E-state index is 9.47. The summed E-state index contributed by atoms with van der Waals surface area (Å²) in [4.78, 5) is 11.6. The van der Waals surface area contributed by atoms with E-state index in [9.17, 15) is 5.11 Å². The van der Waals surface area contributed by atoms with Crippen molar-refractivity contribution >= 4 is 22.4 Å². The van der Waals surface area contributed by atoms with Gasteiger partial charge in [-0.05, 0) is 76.9 Å². The molecule has 2 heterocycles. The molecule has 7 heteroatoms. The van der Waals surface area contributed by atoms with Crippen LogP contribution in [0.3, 0.4) is 0 Å². The average molecular weight is 545 g/mol. The second kappa shape index (κ2) is 10.8. The summed E-state index contributed by atoms with van der Waals surface area (Å²) in [6.07, 6.45) is 1.58. The molecule has 2 unspecified atom stereocenters. The van der Waals surface area contributed by atoms with E-state index in [0.717, 1.165) is 53.4 Å². The fourth-order valence-electron chi connectivity index (χ4n) is 6.16. The first-order valence-corrected chi connectivity index (χ1v) is 14.0. The van der Waals surface area contributed by atoms with Crippen molar-refractivity contribution in [1.82, 2.24) is 14.9 Å². The van der Waals surface area contributed by atoms with Gasteiger partial charge in [0.25, 0.3) is 0 Å². The predicted molar refractivity (Wildman–Crippen MR) is 161 cm³/mol. The number of aliphatic hydroxyl groups excluding tert-OH is 1. The third kappa shape index (κ3) is 5.22. The van der Waals surface area contributed by atoms with Gasteiger partial charge in [0.1, 0.15) is 17.9 Å². The Kier molecular flexibility index (Phi) is 6.74. The molecule has 0 radical (unpaired) electrons. The lowest BCUT2D eigenvalue weighted by Gasteiger charge is -2.19. The zero-order valence-electron chi connectivity index (χ0n) is 22.9. The highest BCUT2D eigenvalue weighted by Crippen LogP contribution is 2.51. The van der Waals surface area contributed by atoms with Gasteiger partial charge in [0.2, 0.25) is 0 Å². The van der Waals surface area contributed by atoms with Crippen molar-refractivity contribution in [2.75, 3.05) is 32.1 Å². The Hall–Kier alpha value is -4.46. The molecule has 2 fully saturated rings. The molecule has 4 aromatic carbocycles. The summed E-state index contributed by atoms with van der Waals surface area (Å²) in [5.74, 6) is 4.62. The van der Waals surface area contributed by atoms with Gasteiger partial charge in [-0.3, -0.25) is 4.90 Å². The lowest BCUT2D eigenvalue weighted by Crippen LogP contribution is -2.24. The van der Waals surface area contributed by atoms with Crippen molar-refractivity contribution in [1.29, 1.82) is 0 Å². The highest BCUT2D eigenvalue weighted by Gasteiger charge is 2.54. The zero-order chi connectivity index (χ0) is 27.8. The number of aliphatic hydroxyl groups is 1. The SMILES string of the molecule is COc1cc(Nc2ncnc3ccc(-c4cccc(CN5CC6C(CO)C6C5)c4)cc23)ccc1Oc1ccccc1. The first-order chi connectivity index (χ1) is 20.2. The average Bonchev–Trinajstić information content (AvgIpc) is 3.50. The van der Waals surface area contributed by atoms with Gasteiger partial charge in [-0.15, -0.1) is 0 Å². The van der Waals surface area contributed by atoms with Gasteiger partial charge in [-0.2, -0.15) is 0 Å². The number of nitrogens with one attached hydrogen (secondary N) is 1.